The van der Waals surface area contributed by atoms with Gasteiger partial charge >= 0.3 is 5.97 Å². The summed E-state index contributed by atoms with van der Waals surface area (Å²) in [5.74, 6) is -0.532. The predicted molar refractivity (Wildman–Crippen MR) is 80.6 cm³/mol. The maximum Gasteiger partial charge on any atom is 0.349 e. The van der Waals surface area contributed by atoms with E-state index in [1.54, 1.807) is 10.7 Å². The zero-order chi connectivity index (χ0) is 14.9. The molecule has 0 aliphatic carbocycles. The third-order valence-electron chi connectivity index (χ3n) is 2.92. The van der Waals surface area contributed by atoms with Crippen LogP contribution in [-0.4, -0.2) is 20.9 Å². The van der Waals surface area contributed by atoms with Crippen molar-refractivity contribution in [2.75, 3.05) is 0 Å². The Balaban J connectivity index is 2.22. The number of carbonyl (C=O) groups is 1. The van der Waals surface area contributed by atoms with Gasteiger partial charge in [-0.3, -0.25) is 4.68 Å². The molecule has 0 unspecified atom stereocenters. The molecule has 7 heteroatoms. The van der Waals surface area contributed by atoms with Crippen molar-refractivity contribution in [3.05, 3.63) is 31.7 Å². The smallest absolute Gasteiger partial charge is 0.349 e. The van der Waals surface area contributed by atoms with Crippen LogP contribution in [-0.2, 0) is 20.1 Å². The predicted octanol–water partition coefficient (Wildman–Crippen LogP) is 3.39. The van der Waals surface area contributed by atoms with Crippen LogP contribution in [0.5, 0.6) is 5.75 Å². The molecule has 0 aromatic carbocycles. The number of thiophene rings is 1. The summed E-state index contributed by atoms with van der Waals surface area (Å²) in [7, 11) is 1.83. The summed E-state index contributed by atoms with van der Waals surface area (Å²) in [6.07, 6.45) is 0.794. The van der Waals surface area contributed by atoms with E-state index < -0.39 is 5.97 Å². The fraction of sp³-hybridized carbons (Fsp3) is 0.385. The van der Waals surface area contributed by atoms with Crippen LogP contribution < -0.4 is 4.74 Å². The van der Waals surface area contributed by atoms with Crippen molar-refractivity contribution >= 4 is 33.2 Å². The number of carboxylic acid groups (broad SMARTS) is 1. The average Bonchev–Trinajstić information content (AvgIpc) is 2.91. The second-order valence-corrected chi connectivity index (χ2v) is 6.25. The first kappa shape index (κ1) is 15.1. The molecule has 0 saturated heterocycles. The quantitative estimate of drug-likeness (QED) is 0.889. The maximum absolute atomic E-state index is 11.2. The van der Waals surface area contributed by atoms with Gasteiger partial charge in [0.15, 0.2) is 4.88 Å². The third kappa shape index (κ3) is 2.88. The summed E-state index contributed by atoms with van der Waals surface area (Å²) in [5, 5.41) is 13.5. The number of halogens is 1. The molecule has 2 heterocycles. The second-order valence-electron chi connectivity index (χ2n) is 4.32. The van der Waals surface area contributed by atoms with Crippen molar-refractivity contribution in [1.29, 1.82) is 0 Å². The fourth-order valence-corrected chi connectivity index (χ4v) is 3.16. The molecule has 0 radical (unpaired) electrons. The van der Waals surface area contributed by atoms with Crippen molar-refractivity contribution in [3.63, 3.8) is 0 Å². The van der Waals surface area contributed by atoms with Crippen LogP contribution in [0.1, 0.15) is 32.9 Å². The van der Waals surface area contributed by atoms with E-state index in [2.05, 4.69) is 21.0 Å². The fourth-order valence-electron chi connectivity index (χ4n) is 1.84. The van der Waals surface area contributed by atoms with Crippen LogP contribution >= 0.6 is 27.3 Å². The monoisotopic (exact) mass is 358 g/mol. The Morgan fingerprint density at radius 2 is 2.30 bits per heavy atom. The molecule has 2 rings (SSSR count). The summed E-state index contributed by atoms with van der Waals surface area (Å²) in [5.41, 5.74) is 1.76. The minimum absolute atomic E-state index is 0.247. The molecule has 5 nitrogen and oxygen atoms in total. The van der Waals surface area contributed by atoms with Crippen molar-refractivity contribution in [3.8, 4) is 5.75 Å². The second kappa shape index (κ2) is 5.97. The van der Waals surface area contributed by atoms with Gasteiger partial charge in [0, 0.05) is 11.9 Å². The minimum atomic E-state index is -0.954. The number of aromatic carboxylic acids is 1. The highest BCUT2D eigenvalue weighted by atomic mass is 79.9. The lowest BCUT2D eigenvalue weighted by Gasteiger charge is -2.06. The van der Waals surface area contributed by atoms with Crippen molar-refractivity contribution in [2.24, 2.45) is 7.05 Å². The Kier molecular flexibility index (Phi) is 4.49. The number of aromatic nitrogens is 2. The molecule has 0 atom stereocenters. The molecular weight excluding hydrogens is 344 g/mol. The molecule has 0 spiro atoms. The number of hydrogen-bond acceptors (Lipinski definition) is 4. The van der Waals surface area contributed by atoms with Crippen LogP contribution in [0.15, 0.2) is 10.5 Å². The van der Waals surface area contributed by atoms with Gasteiger partial charge in [-0.1, -0.05) is 6.92 Å². The van der Waals surface area contributed by atoms with E-state index >= 15 is 0 Å². The Bertz CT molecular complexity index is 648. The first-order valence-corrected chi connectivity index (χ1v) is 7.71. The molecule has 0 aliphatic rings. The van der Waals surface area contributed by atoms with Gasteiger partial charge in [0.25, 0.3) is 0 Å². The van der Waals surface area contributed by atoms with Gasteiger partial charge < -0.3 is 9.84 Å². The Morgan fingerprint density at radius 3 is 2.80 bits per heavy atom. The van der Waals surface area contributed by atoms with E-state index in [9.17, 15) is 9.90 Å². The van der Waals surface area contributed by atoms with Crippen LogP contribution in [0.25, 0.3) is 0 Å². The third-order valence-corrected chi connectivity index (χ3v) is 5.20. The zero-order valence-corrected chi connectivity index (χ0v) is 13.8. The number of nitrogens with zero attached hydrogens (tertiary/aromatic N) is 2. The number of hydrogen-bond donors (Lipinski definition) is 1. The summed E-state index contributed by atoms with van der Waals surface area (Å²) >= 11 is 4.72. The Labute approximate surface area is 129 Å². The summed E-state index contributed by atoms with van der Waals surface area (Å²) in [4.78, 5) is 12.4. The number of rotatable bonds is 5. The molecule has 0 saturated carbocycles. The first-order valence-electron chi connectivity index (χ1n) is 6.10. The van der Waals surface area contributed by atoms with Gasteiger partial charge in [0.05, 0.1) is 15.9 Å². The number of carboxylic acids is 1. The lowest BCUT2D eigenvalue weighted by Crippen LogP contribution is -2.05. The number of aryl methyl sites for hydroxylation is 3. The molecule has 1 N–H and O–H groups in total. The Hall–Kier alpha value is -1.34. The van der Waals surface area contributed by atoms with E-state index in [1.807, 2.05) is 20.9 Å². The molecule has 108 valence electrons. The normalized spacial score (nSPS) is 10.8. The molecule has 20 heavy (non-hydrogen) atoms. The molecule has 0 fully saturated rings. The van der Waals surface area contributed by atoms with Gasteiger partial charge in [-0.2, -0.15) is 5.10 Å². The highest BCUT2D eigenvalue weighted by Gasteiger charge is 2.18. The van der Waals surface area contributed by atoms with Crippen molar-refractivity contribution in [1.82, 2.24) is 9.78 Å². The summed E-state index contributed by atoms with van der Waals surface area (Å²) in [6.45, 7) is 4.16. The van der Waals surface area contributed by atoms with Crippen LogP contribution in [0.2, 0.25) is 0 Å². The summed E-state index contributed by atoms with van der Waals surface area (Å²) in [6, 6.07) is 1.80. The van der Waals surface area contributed by atoms with Gasteiger partial charge in [0.2, 0.25) is 0 Å². The molecule has 0 bridgehead atoms. The van der Waals surface area contributed by atoms with Crippen LogP contribution in [0, 0.1) is 6.92 Å². The minimum Gasteiger partial charge on any atom is -0.485 e. The van der Waals surface area contributed by atoms with Gasteiger partial charge in [0.1, 0.15) is 12.4 Å². The van der Waals surface area contributed by atoms with E-state index in [1.165, 1.54) is 11.3 Å². The number of ether oxygens (including phenoxy) is 1. The van der Waals surface area contributed by atoms with E-state index in [-0.39, 0.29) is 11.5 Å². The van der Waals surface area contributed by atoms with E-state index in [4.69, 9.17) is 4.74 Å². The molecule has 0 amide bonds. The van der Waals surface area contributed by atoms with Gasteiger partial charge in [-0.25, -0.2) is 4.79 Å². The largest absolute Gasteiger partial charge is 0.485 e. The van der Waals surface area contributed by atoms with Crippen molar-refractivity contribution < 1.29 is 14.6 Å². The SMILES string of the molecule is CCc1cc(OCc2c(Br)c(C)nn2C)c(C(=O)O)s1. The standard InChI is InChI=1S/C13H15BrN2O3S/c1-4-8-5-10(12(20-8)13(17)18)19-6-9-11(14)7(2)15-16(9)3/h5H,4,6H2,1-3H3,(H,17,18). The van der Waals surface area contributed by atoms with Crippen LogP contribution in [0.4, 0.5) is 0 Å². The molecule has 0 aliphatic heterocycles. The lowest BCUT2D eigenvalue weighted by molar-refractivity contribution is 0.0697. The highest BCUT2D eigenvalue weighted by Crippen LogP contribution is 2.31. The van der Waals surface area contributed by atoms with E-state index in [0.29, 0.717) is 5.75 Å². The first-order chi connectivity index (χ1) is 9.43. The lowest BCUT2D eigenvalue weighted by atomic mass is 10.3. The molecule has 2 aromatic heterocycles. The maximum atomic E-state index is 11.2. The highest BCUT2D eigenvalue weighted by molar-refractivity contribution is 9.10. The van der Waals surface area contributed by atoms with Gasteiger partial charge in [-0.15, -0.1) is 11.3 Å². The van der Waals surface area contributed by atoms with Crippen LogP contribution in [0.3, 0.4) is 0 Å². The molecule has 2 aromatic rings. The topological polar surface area (TPSA) is 64.4 Å². The summed E-state index contributed by atoms with van der Waals surface area (Å²) < 4.78 is 8.30. The zero-order valence-electron chi connectivity index (χ0n) is 11.4. The Morgan fingerprint density at radius 1 is 1.60 bits per heavy atom. The molecular formula is C13H15BrN2O3S. The van der Waals surface area contributed by atoms with Gasteiger partial charge in [-0.05, 0) is 35.3 Å². The average molecular weight is 359 g/mol. The van der Waals surface area contributed by atoms with E-state index in [0.717, 1.165) is 27.2 Å². The van der Waals surface area contributed by atoms with Crippen molar-refractivity contribution in [2.45, 2.75) is 26.9 Å².